The maximum Gasteiger partial charge on any atom is 0.193 e. The molecule has 4 heteroatoms. The average Bonchev–Trinajstić information content (AvgIpc) is 2.35. The molecule has 0 aliphatic carbocycles. The van der Waals surface area contributed by atoms with Crippen molar-refractivity contribution in [3.05, 3.63) is 68.4 Å². The van der Waals surface area contributed by atoms with Gasteiger partial charge in [-0.05, 0) is 36.8 Å². The molecule has 0 aliphatic heterocycles. The van der Waals surface area contributed by atoms with Crippen LogP contribution in [0.1, 0.15) is 21.5 Å². The van der Waals surface area contributed by atoms with Crippen molar-refractivity contribution in [3.63, 3.8) is 0 Å². The summed E-state index contributed by atoms with van der Waals surface area (Å²) >= 11 is 9.04. The lowest BCUT2D eigenvalue weighted by atomic mass is 10.0. The largest absolute Gasteiger partial charge is 0.289 e. The number of rotatable bonds is 2. The first kappa shape index (κ1) is 13.2. The van der Waals surface area contributed by atoms with Crippen LogP contribution in [0.25, 0.3) is 0 Å². The van der Waals surface area contributed by atoms with Crippen LogP contribution in [-0.2, 0) is 0 Å². The summed E-state index contributed by atoms with van der Waals surface area (Å²) in [5, 5.41) is -0.0490. The zero-order valence-electron chi connectivity index (χ0n) is 9.51. The molecule has 0 aromatic heterocycles. The van der Waals surface area contributed by atoms with Gasteiger partial charge in [0.1, 0.15) is 5.82 Å². The summed E-state index contributed by atoms with van der Waals surface area (Å²) in [6.07, 6.45) is 0. The van der Waals surface area contributed by atoms with E-state index in [1.54, 1.807) is 12.1 Å². The van der Waals surface area contributed by atoms with Crippen LogP contribution in [0, 0.1) is 12.7 Å². The van der Waals surface area contributed by atoms with Gasteiger partial charge in [-0.3, -0.25) is 4.79 Å². The Hall–Kier alpha value is -1.19. The van der Waals surface area contributed by atoms with Crippen molar-refractivity contribution >= 4 is 33.3 Å². The maximum atomic E-state index is 13.0. The lowest BCUT2D eigenvalue weighted by Crippen LogP contribution is -2.02. The zero-order chi connectivity index (χ0) is 13.3. The Bertz CT molecular complexity index is 572. The number of benzene rings is 2. The van der Waals surface area contributed by atoms with E-state index in [0.717, 1.165) is 10.0 Å². The van der Waals surface area contributed by atoms with Crippen molar-refractivity contribution in [2.75, 3.05) is 0 Å². The number of hydrogen-bond donors (Lipinski definition) is 0. The van der Waals surface area contributed by atoms with Gasteiger partial charge >= 0.3 is 0 Å². The number of aryl methyl sites for hydroxylation is 1. The molecule has 0 heterocycles. The average molecular weight is 328 g/mol. The van der Waals surface area contributed by atoms with Gasteiger partial charge in [-0.2, -0.15) is 0 Å². The maximum absolute atomic E-state index is 13.0. The van der Waals surface area contributed by atoms with E-state index in [2.05, 4.69) is 15.9 Å². The number of ketones is 1. The summed E-state index contributed by atoms with van der Waals surface area (Å²) in [6.45, 7) is 1.94. The normalized spacial score (nSPS) is 10.4. The second kappa shape index (κ2) is 5.21. The Morgan fingerprint density at radius 2 is 1.78 bits per heavy atom. The van der Waals surface area contributed by atoms with Crippen LogP contribution >= 0.6 is 27.5 Å². The Morgan fingerprint density at radius 3 is 2.39 bits per heavy atom. The Labute approximate surface area is 118 Å². The van der Waals surface area contributed by atoms with Gasteiger partial charge in [-0.1, -0.05) is 39.7 Å². The Balaban J connectivity index is 2.41. The molecule has 2 aromatic rings. The lowest BCUT2D eigenvalue weighted by Gasteiger charge is -2.04. The van der Waals surface area contributed by atoms with Gasteiger partial charge in [0.25, 0.3) is 0 Å². The van der Waals surface area contributed by atoms with E-state index in [0.29, 0.717) is 11.1 Å². The highest BCUT2D eigenvalue weighted by Gasteiger charge is 2.12. The third kappa shape index (κ3) is 2.62. The second-order valence-corrected chi connectivity index (χ2v) is 5.18. The van der Waals surface area contributed by atoms with E-state index in [4.69, 9.17) is 11.6 Å². The summed E-state index contributed by atoms with van der Waals surface area (Å²) in [7, 11) is 0. The minimum Gasteiger partial charge on any atom is -0.289 e. The molecule has 2 aromatic carbocycles. The fourth-order valence-electron chi connectivity index (χ4n) is 1.54. The van der Waals surface area contributed by atoms with E-state index in [1.165, 1.54) is 18.2 Å². The summed E-state index contributed by atoms with van der Waals surface area (Å²) in [4.78, 5) is 12.2. The number of carbonyl (C=O) groups excluding carboxylic acids is 1. The fraction of sp³-hybridized carbons (Fsp3) is 0.0714. The summed E-state index contributed by atoms with van der Waals surface area (Å²) in [6, 6.07) is 9.29. The highest BCUT2D eigenvalue weighted by atomic mass is 79.9. The van der Waals surface area contributed by atoms with Gasteiger partial charge in [-0.15, -0.1) is 0 Å². The van der Waals surface area contributed by atoms with Crippen LogP contribution in [-0.4, -0.2) is 5.78 Å². The predicted octanol–water partition coefficient (Wildman–Crippen LogP) is 4.78. The fourth-order valence-corrected chi connectivity index (χ4v) is 2.10. The Morgan fingerprint density at radius 1 is 1.17 bits per heavy atom. The molecule has 1 nitrogen and oxygen atoms in total. The van der Waals surface area contributed by atoms with Crippen molar-refractivity contribution in [2.45, 2.75) is 6.92 Å². The van der Waals surface area contributed by atoms with Crippen LogP contribution in [0.5, 0.6) is 0 Å². The molecule has 18 heavy (non-hydrogen) atoms. The van der Waals surface area contributed by atoms with Crippen LogP contribution in [0.15, 0.2) is 40.9 Å². The van der Waals surface area contributed by atoms with Gasteiger partial charge in [0.15, 0.2) is 5.78 Å². The van der Waals surface area contributed by atoms with Gasteiger partial charge in [0.2, 0.25) is 0 Å². The summed E-state index contributed by atoms with van der Waals surface area (Å²) < 4.78 is 13.9. The van der Waals surface area contributed by atoms with Crippen molar-refractivity contribution in [1.82, 2.24) is 0 Å². The number of hydrogen-bond acceptors (Lipinski definition) is 1. The molecular weight excluding hydrogens is 319 g/mol. The van der Waals surface area contributed by atoms with Crippen molar-refractivity contribution in [3.8, 4) is 0 Å². The molecular formula is C14H9BrClFO. The van der Waals surface area contributed by atoms with Gasteiger partial charge in [0, 0.05) is 15.6 Å². The highest BCUT2D eigenvalue weighted by Crippen LogP contribution is 2.22. The van der Waals surface area contributed by atoms with E-state index in [-0.39, 0.29) is 10.8 Å². The first-order valence-electron chi connectivity index (χ1n) is 5.25. The zero-order valence-corrected chi connectivity index (χ0v) is 11.8. The molecule has 0 aliphatic rings. The Kier molecular flexibility index (Phi) is 3.83. The van der Waals surface area contributed by atoms with Crippen LogP contribution in [0.4, 0.5) is 4.39 Å². The summed E-state index contributed by atoms with van der Waals surface area (Å²) in [5.41, 5.74) is 1.95. The molecule has 0 atom stereocenters. The molecule has 0 saturated heterocycles. The molecule has 0 fully saturated rings. The third-order valence-corrected chi connectivity index (χ3v) is 3.76. The molecule has 0 saturated carbocycles. The SMILES string of the molecule is Cc1ccc(C(=O)c2ccc(F)c(Cl)c2)cc1Br. The van der Waals surface area contributed by atoms with Crippen LogP contribution in [0.2, 0.25) is 5.02 Å². The lowest BCUT2D eigenvalue weighted by molar-refractivity contribution is 0.103. The van der Waals surface area contributed by atoms with Gasteiger partial charge in [-0.25, -0.2) is 4.39 Å². The molecule has 0 N–H and O–H groups in total. The van der Waals surface area contributed by atoms with Crippen molar-refractivity contribution in [1.29, 1.82) is 0 Å². The van der Waals surface area contributed by atoms with E-state index in [1.807, 2.05) is 13.0 Å². The summed E-state index contributed by atoms with van der Waals surface area (Å²) in [5.74, 6) is -0.712. The molecule has 0 bridgehead atoms. The van der Waals surface area contributed by atoms with Crippen LogP contribution < -0.4 is 0 Å². The first-order chi connectivity index (χ1) is 8.49. The minimum atomic E-state index is -0.529. The van der Waals surface area contributed by atoms with Crippen molar-refractivity contribution in [2.24, 2.45) is 0 Å². The molecule has 0 radical (unpaired) electrons. The highest BCUT2D eigenvalue weighted by molar-refractivity contribution is 9.10. The topological polar surface area (TPSA) is 17.1 Å². The van der Waals surface area contributed by atoms with E-state index >= 15 is 0 Å². The standard InChI is InChI=1S/C14H9BrClFO/c1-8-2-3-9(6-11(8)15)14(18)10-4-5-13(17)12(16)7-10/h2-7H,1H3. The molecule has 0 amide bonds. The molecule has 92 valence electrons. The van der Waals surface area contributed by atoms with Gasteiger partial charge in [0.05, 0.1) is 5.02 Å². The van der Waals surface area contributed by atoms with Gasteiger partial charge < -0.3 is 0 Å². The predicted molar refractivity (Wildman–Crippen MR) is 73.7 cm³/mol. The monoisotopic (exact) mass is 326 g/mol. The second-order valence-electron chi connectivity index (χ2n) is 3.92. The van der Waals surface area contributed by atoms with E-state index in [9.17, 15) is 9.18 Å². The molecule has 0 spiro atoms. The molecule has 0 unspecified atom stereocenters. The van der Waals surface area contributed by atoms with Crippen molar-refractivity contribution < 1.29 is 9.18 Å². The smallest absolute Gasteiger partial charge is 0.193 e. The third-order valence-electron chi connectivity index (χ3n) is 2.62. The minimum absolute atomic E-state index is 0.0490. The quantitative estimate of drug-likeness (QED) is 0.725. The first-order valence-corrected chi connectivity index (χ1v) is 6.42. The number of halogens is 3. The van der Waals surface area contributed by atoms with E-state index < -0.39 is 5.82 Å². The molecule has 2 rings (SSSR count). The van der Waals surface area contributed by atoms with Crippen LogP contribution in [0.3, 0.4) is 0 Å². The number of carbonyl (C=O) groups is 1.